The molecule has 10 nitrogen and oxygen atoms in total. The number of esters is 3. The molecule has 2 amide bonds. The van der Waals surface area contributed by atoms with Crippen LogP contribution in [0.5, 0.6) is 5.75 Å². The van der Waals surface area contributed by atoms with E-state index in [4.69, 9.17) is 14.2 Å². The van der Waals surface area contributed by atoms with Crippen LogP contribution in [-0.2, 0) is 35.4 Å². The molecule has 0 aromatic heterocycles. The van der Waals surface area contributed by atoms with Gasteiger partial charge in [0.15, 0.2) is 5.41 Å². The molecule has 4 aromatic carbocycles. The molecule has 0 unspecified atom stereocenters. The molecule has 278 valence electrons. The van der Waals surface area contributed by atoms with Gasteiger partial charge in [0.2, 0.25) is 0 Å². The van der Waals surface area contributed by atoms with Gasteiger partial charge in [0.05, 0.1) is 30.0 Å². The highest BCUT2D eigenvalue weighted by Crippen LogP contribution is 2.35. The number of nitrogens with one attached hydrogen (secondary N) is 1. The van der Waals surface area contributed by atoms with Gasteiger partial charge < -0.3 is 24.4 Å². The first-order valence-electron chi connectivity index (χ1n) is 16.8. The summed E-state index contributed by atoms with van der Waals surface area (Å²) < 4.78 is 55.5. The van der Waals surface area contributed by atoms with Gasteiger partial charge in [0.25, 0.3) is 11.8 Å². The summed E-state index contributed by atoms with van der Waals surface area (Å²) in [6.45, 7) is 3.27. The molecule has 0 aliphatic rings. The number of carbonyl (C=O) groups is 5. The van der Waals surface area contributed by atoms with Gasteiger partial charge in [-0.2, -0.15) is 13.2 Å². The van der Waals surface area contributed by atoms with Crippen molar-refractivity contribution < 1.29 is 51.4 Å². The number of ether oxygens (including phenoxy) is 3. The molecule has 0 fully saturated rings. The van der Waals surface area contributed by atoms with Crippen LogP contribution in [0, 0.1) is 0 Å². The van der Waals surface area contributed by atoms with Crippen molar-refractivity contribution >= 4 is 35.4 Å². The zero-order valence-electron chi connectivity index (χ0n) is 29.6. The predicted octanol–water partition coefficient (Wildman–Crippen LogP) is 7.47. The first kappa shape index (κ1) is 39.8. The highest BCUT2D eigenvalue weighted by molar-refractivity contribution is 6.12. The van der Waals surface area contributed by atoms with E-state index in [9.17, 15) is 37.1 Å². The van der Waals surface area contributed by atoms with Crippen LogP contribution >= 0.6 is 0 Å². The molecule has 0 aliphatic carbocycles. The van der Waals surface area contributed by atoms with E-state index >= 15 is 0 Å². The zero-order valence-corrected chi connectivity index (χ0v) is 29.6. The van der Waals surface area contributed by atoms with Crippen molar-refractivity contribution in [1.82, 2.24) is 4.90 Å². The molecule has 0 aliphatic heterocycles. The summed E-state index contributed by atoms with van der Waals surface area (Å²) in [4.78, 5) is 67.7. The van der Waals surface area contributed by atoms with Crippen molar-refractivity contribution in [2.24, 2.45) is 0 Å². The Morgan fingerprint density at radius 1 is 0.717 bits per heavy atom. The van der Waals surface area contributed by atoms with Gasteiger partial charge >= 0.3 is 24.1 Å². The number of hydrogen-bond donors (Lipinski definition) is 1. The van der Waals surface area contributed by atoms with E-state index in [0.29, 0.717) is 16.7 Å². The van der Waals surface area contributed by atoms with E-state index in [-0.39, 0.29) is 55.0 Å². The summed E-state index contributed by atoms with van der Waals surface area (Å²) in [5.74, 6) is -3.48. The Kier molecular flexibility index (Phi) is 13.1. The van der Waals surface area contributed by atoms with Crippen molar-refractivity contribution in [2.45, 2.75) is 44.7 Å². The minimum Gasteiger partial charge on any atom is -0.465 e. The van der Waals surface area contributed by atoms with Crippen molar-refractivity contribution in [2.75, 3.05) is 32.6 Å². The number of carbonyl (C=O) groups excluding carboxylic acids is 5. The summed E-state index contributed by atoms with van der Waals surface area (Å²) in [5.41, 5.74) is -1.32. The van der Waals surface area contributed by atoms with Gasteiger partial charge in [-0.3, -0.25) is 24.0 Å². The van der Waals surface area contributed by atoms with Crippen LogP contribution in [0.2, 0.25) is 0 Å². The average molecular weight is 733 g/mol. The number of rotatable bonds is 14. The number of anilines is 1. The third-order valence-electron chi connectivity index (χ3n) is 8.25. The second-order valence-electron chi connectivity index (χ2n) is 12.0. The highest BCUT2D eigenvalue weighted by atomic mass is 19.4. The van der Waals surface area contributed by atoms with Crippen LogP contribution in [-0.4, -0.2) is 61.9 Å². The number of nitrogens with zero attached hydrogens (tertiary/aromatic N) is 1. The van der Waals surface area contributed by atoms with Crippen molar-refractivity contribution in [3.8, 4) is 16.9 Å². The fraction of sp³-hybridized carbons (Fsp3) is 0.275. The molecule has 53 heavy (non-hydrogen) atoms. The normalized spacial score (nSPS) is 11.3. The lowest BCUT2D eigenvalue weighted by atomic mass is 9.76. The van der Waals surface area contributed by atoms with Crippen LogP contribution in [0.15, 0.2) is 97.1 Å². The monoisotopic (exact) mass is 732 g/mol. The second kappa shape index (κ2) is 17.5. The molecular weight excluding hydrogens is 693 g/mol. The van der Waals surface area contributed by atoms with Gasteiger partial charge in [-0.15, -0.1) is 0 Å². The molecule has 4 rings (SSSR count). The predicted molar refractivity (Wildman–Crippen MR) is 190 cm³/mol. The van der Waals surface area contributed by atoms with Crippen molar-refractivity contribution in [3.05, 3.63) is 119 Å². The lowest BCUT2D eigenvalue weighted by molar-refractivity contribution is -0.165. The minimum atomic E-state index is -4.52. The molecule has 0 atom stereocenters. The molecule has 1 N–H and O–H groups in total. The maximum Gasteiger partial charge on any atom is 0.416 e. The molecule has 0 saturated heterocycles. The molecule has 0 radical (unpaired) electrons. The number of alkyl halides is 3. The van der Waals surface area contributed by atoms with E-state index in [0.717, 1.165) is 12.1 Å². The van der Waals surface area contributed by atoms with Gasteiger partial charge in [-0.1, -0.05) is 60.7 Å². The summed E-state index contributed by atoms with van der Waals surface area (Å²) >= 11 is 0. The smallest absolute Gasteiger partial charge is 0.416 e. The topological polar surface area (TPSA) is 128 Å². The summed E-state index contributed by atoms with van der Waals surface area (Å²) in [6.07, 6.45) is -4.83. The number of amides is 2. The zero-order chi connectivity index (χ0) is 38.8. The van der Waals surface area contributed by atoms with E-state index in [1.54, 1.807) is 62.4 Å². The van der Waals surface area contributed by atoms with Gasteiger partial charge in [0.1, 0.15) is 5.75 Å². The van der Waals surface area contributed by atoms with Gasteiger partial charge in [0, 0.05) is 26.1 Å². The van der Waals surface area contributed by atoms with Crippen molar-refractivity contribution in [3.63, 3.8) is 0 Å². The highest BCUT2D eigenvalue weighted by Gasteiger charge is 2.50. The molecule has 4 aromatic rings. The van der Waals surface area contributed by atoms with Crippen LogP contribution in [0.25, 0.3) is 11.1 Å². The fourth-order valence-corrected chi connectivity index (χ4v) is 5.65. The minimum absolute atomic E-state index is 0.00605. The van der Waals surface area contributed by atoms with Gasteiger partial charge in [-0.25, -0.2) is 0 Å². The largest absolute Gasteiger partial charge is 0.465 e. The number of benzene rings is 4. The first-order chi connectivity index (χ1) is 25.2. The lowest BCUT2D eigenvalue weighted by Crippen LogP contribution is -2.46. The molecule has 0 spiro atoms. The third-order valence-corrected chi connectivity index (χ3v) is 8.25. The Morgan fingerprint density at radius 3 is 1.91 bits per heavy atom. The second-order valence-corrected chi connectivity index (χ2v) is 12.0. The fourth-order valence-electron chi connectivity index (χ4n) is 5.65. The Balaban J connectivity index is 1.54. The van der Waals surface area contributed by atoms with Crippen LogP contribution in [0.4, 0.5) is 18.9 Å². The van der Waals surface area contributed by atoms with Crippen LogP contribution in [0.1, 0.15) is 65.0 Å². The summed E-state index contributed by atoms with van der Waals surface area (Å²) in [7, 11) is 3.00. The SMILES string of the molecule is CCOC(=O)C(CCCC(=O)Oc1ccc(NC(=O)c2ccccc2-c2ccc(C(F)(F)F)cc2)c(C(=O)N(C)C)c1)(C(=O)OCC)c1ccccc1. The molecule has 0 bridgehead atoms. The van der Waals surface area contributed by atoms with Crippen molar-refractivity contribution in [1.29, 1.82) is 0 Å². The Morgan fingerprint density at radius 2 is 1.32 bits per heavy atom. The Labute approximate surface area is 304 Å². The van der Waals surface area contributed by atoms with Gasteiger partial charge in [-0.05, 0) is 79.8 Å². The number of halogens is 3. The van der Waals surface area contributed by atoms with E-state index in [1.807, 2.05) is 0 Å². The summed E-state index contributed by atoms with van der Waals surface area (Å²) in [6, 6.07) is 23.1. The van der Waals surface area contributed by atoms with E-state index < -0.39 is 46.9 Å². The maximum absolute atomic E-state index is 13.6. The Bertz CT molecular complexity index is 1930. The maximum atomic E-state index is 13.6. The molecule has 0 saturated carbocycles. The van der Waals surface area contributed by atoms with E-state index in [1.165, 1.54) is 55.4 Å². The quantitative estimate of drug-likeness (QED) is 0.0804. The summed E-state index contributed by atoms with van der Waals surface area (Å²) in [5, 5.41) is 2.70. The van der Waals surface area contributed by atoms with Crippen LogP contribution < -0.4 is 10.1 Å². The average Bonchev–Trinajstić information content (AvgIpc) is 3.14. The van der Waals surface area contributed by atoms with Crippen LogP contribution in [0.3, 0.4) is 0 Å². The molecule has 0 heterocycles. The lowest BCUT2D eigenvalue weighted by Gasteiger charge is -2.29. The molecular formula is C40H39F3N2O8. The molecule has 13 heteroatoms. The third kappa shape index (κ3) is 9.47. The standard InChI is InChI=1S/C40H39F3N2O8/c1-5-51-37(49)39(38(50)52-6-2,27-13-8-7-9-14-27)24-12-17-34(46)53-29-22-23-33(32(25-29)36(48)45(3)4)44-35(47)31-16-11-10-15-30(31)26-18-20-28(21-19-26)40(41,42)43/h7-11,13-16,18-23,25H,5-6,12,17,24H2,1-4H3,(H,44,47). The Hall–Kier alpha value is -5.98. The first-order valence-corrected chi connectivity index (χ1v) is 16.8. The number of hydrogen-bond acceptors (Lipinski definition) is 8. The van der Waals surface area contributed by atoms with E-state index in [2.05, 4.69) is 5.32 Å².